The molecule has 0 amide bonds. The van der Waals surface area contributed by atoms with E-state index >= 15 is 0 Å². The highest BCUT2D eigenvalue weighted by Gasteiger charge is 2.29. The topological polar surface area (TPSA) is 52.2 Å². The van der Waals surface area contributed by atoms with Gasteiger partial charge in [-0.1, -0.05) is 24.3 Å². The highest BCUT2D eigenvalue weighted by molar-refractivity contribution is 5.62. The molecular formula is C21H25N3O2. The Labute approximate surface area is 153 Å². The molecule has 1 fully saturated rings. The first-order valence-electron chi connectivity index (χ1n) is 9.12. The van der Waals surface area contributed by atoms with Gasteiger partial charge in [-0.25, -0.2) is 0 Å². The molecule has 0 radical (unpaired) electrons. The predicted octanol–water partition coefficient (Wildman–Crippen LogP) is 3.02. The monoisotopic (exact) mass is 351 g/mol. The molecule has 1 aliphatic rings. The van der Waals surface area contributed by atoms with Crippen LogP contribution in [0.2, 0.25) is 0 Å². The van der Waals surface area contributed by atoms with E-state index in [0.29, 0.717) is 32.6 Å². The van der Waals surface area contributed by atoms with Crippen LogP contribution in [0.1, 0.15) is 24.0 Å². The number of aliphatic hydroxyl groups is 1. The molecule has 1 saturated heterocycles. The van der Waals surface area contributed by atoms with E-state index in [4.69, 9.17) is 4.74 Å². The van der Waals surface area contributed by atoms with Crippen molar-refractivity contribution in [3.63, 3.8) is 0 Å². The van der Waals surface area contributed by atoms with Crippen molar-refractivity contribution in [2.45, 2.75) is 31.4 Å². The van der Waals surface area contributed by atoms with Crippen molar-refractivity contribution in [1.29, 1.82) is 0 Å². The molecule has 0 aliphatic carbocycles. The maximum Gasteiger partial charge on any atom is 0.0869 e. The van der Waals surface area contributed by atoms with Gasteiger partial charge in [-0.15, -0.1) is 0 Å². The molecule has 2 aromatic heterocycles. The van der Waals surface area contributed by atoms with Gasteiger partial charge in [0.05, 0.1) is 18.3 Å². The van der Waals surface area contributed by atoms with Crippen LogP contribution >= 0.6 is 0 Å². The lowest BCUT2D eigenvalue weighted by Gasteiger charge is -2.32. The lowest BCUT2D eigenvalue weighted by Crippen LogP contribution is -2.39. The Morgan fingerprint density at radius 2 is 1.81 bits per heavy atom. The first-order chi connectivity index (χ1) is 12.6. The molecule has 3 aromatic rings. The second-order valence-corrected chi connectivity index (χ2v) is 7.31. The maximum atomic E-state index is 10.7. The zero-order valence-electron chi connectivity index (χ0n) is 15.1. The van der Waals surface area contributed by atoms with Crippen molar-refractivity contribution in [2.24, 2.45) is 7.05 Å². The average molecular weight is 351 g/mol. The van der Waals surface area contributed by atoms with Crippen molar-refractivity contribution in [3.8, 4) is 11.1 Å². The van der Waals surface area contributed by atoms with Gasteiger partial charge in [0.1, 0.15) is 0 Å². The molecule has 3 heterocycles. The third-order valence-corrected chi connectivity index (χ3v) is 5.11. The SMILES string of the molecule is Cn1cc(-c2ccc(Cc3ccn(CC4(O)CCOCC4)c3)cc2)cn1. The van der Waals surface area contributed by atoms with Gasteiger partial charge in [0.2, 0.25) is 0 Å². The van der Waals surface area contributed by atoms with Crippen LogP contribution in [-0.2, 0) is 24.8 Å². The number of hydrogen-bond acceptors (Lipinski definition) is 3. The van der Waals surface area contributed by atoms with Crippen molar-refractivity contribution >= 4 is 0 Å². The van der Waals surface area contributed by atoms with Crippen LogP contribution in [-0.4, -0.2) is 38.3 Å². The summed E-state index contributed by atoms with van der Waals surface area (Å²) in [7, 11) is 1.93. The summed E-state index contributed by atoms with van der Waals surface area (Å²) < 4.78 is 9.27. The first-order valence-corrected chi connectivity index (χ1v) is 9.12. The van der Waals surface area contributed by atoms with E-state index in [2.05, 4.69) is 52.4 Å². The fourth-order valence-electron chi connectivity index (χ4n) is 3.56. The molecule has 5 heteroatoms. The molecule has 136 valence electrons. The zero-order chi connectivity index (χ0) is 18.0. The fourth-order valence-corrected chi connectivity index (χ4v) is 3.56. The number of aryl methyl sites for hydroxylation is 1. The van der Waals surface area contributed by atoms with E-state index in [9.17, 15) is 5.11 Å². The first kappa shape index (κ1) is 17.1. The third-order valence-electron chi connectivity index (χ3n) is 5.11. The lowest BCUT2D eigenvalue weighted by molar-refractivity contribution is -0.0727. The van der Waals surface area contributed by atoms with Crippen LogP contribution in [0.15, 0.2) is 55.1 Å². The summed E-state index contributed by atoms with van der Waals surface area (Å²) in [6.45, 7) is 1.93. The van der Waals surface area contributed by atoms with Gasteiger partial charge in [-0.2, -0.15) is 5.10 Å². The quantitative estimate of drug-likeness (QED) is 0.769. The molecule has 0 spiro atoms. The van der Waals surface area contributed by atoms with Gasteiger partial charge in [0.15, 0.2) is 0 Å². The van der Waals surface area contributed by atoms with Crippen LogP contribution in [0.25, 0.3) is 11.1 Å². The van der Waals surface area contributed by atoms with Gasteiger partial charge in [-0.3, -0.25) is 4.68 Å². The Bertz CT molecular complexity index is 858. The summed E-state index contributed by atoms with van der Waals surface area (Å²) in [5, 5.41) is 14.9. The second kappa shape index (κ2) is 7.09. The highest BCUT2D eigenvalue weighted by atomic mass is 16.5. The molecule has 4 rings (SSSR count). The Balaban J connectivity index is 1.41. The second-order valence-electron chi connectivity index (χ2n) is 7.31. The number of benzene rings is 1. The molecule has 0 unspecified atom stereocenters. The number of aromatic nitrogens is 3. The van der Waals surface area contributed by atoms with E-state index in [1.807, 2.05) is 24.1 Å². The Kier molecular flexibility index (Phi) is 4.66. The molecule has 0 atom stereocenters. The van der Waals surface area contributed by atoms with Gasteiger partial charge < -0.3 is 14.4 Å². The fraction of sp³-hybridized carbons (Fsp3) is 0.381. The maximum absolute atomic E-state index is 10.7. The van der Waals surface area contributed by atoms with E-state index in [1.165, 1.54) is 16.7 Å². The van der Waals surface area contributed by atoms with E-state index in [1.54, 1.807) is 0 Å². The van der Waals surface area contributed by atoms with Crippen LogP contribution in [0, 0.1) is 0 Å². The van der Waals surface area contributed by atoms with E-state index in [-0.39, 0.29) is 0 Å². The number of hydrogen-bond donors (Lipinski definition) is 1. The molecule has 0 bridgehead atoms. The lowest BCUT2D eigenvalue weighted by atomic mass is 9.94. The van der Waals surface area contributed by atoms with Crippen LogP contribution in [0.4, 0.5) is 0 Å². The van der Waals surface area contributed by atoms with Gasteiger partial charge in [0, 0.05) is 57.3 Å². The summed E-state index contributed by atoms with van der Waals surface area (Å²) in [4.78, 5) is 0. The summed E-state index contributed by atoms with van der Waals surface area (Å²) >= 11 is 0. The number of rotatable bonds is 5. The minimum Gasteiger partial charge on any atom is -0.388 e. The number of nitrogens with zero attached hydrogens (tertiary/aromatic N) is 3. The molecule has 1 aromatic carbocycles. The minimum absolute atomic E-state index is 0.635. The largest absolute Gasteiger partial charge is 0.388 e. The Morgan fingerprint density at radius 1 is 1.04 bits per heavy atom. The molecule has 0 saturated carbocycles. The predicted molar refractivity (Wildman–Crippen MR) is 101 cm³/mol. The molecule has 1 aliphatic heterocycles. The summed E-state index contributed by atoms with van der Waals surface area (Å²) in [6, 6.07) is 10.8. The molecular weight excluding hydrogens is 326 g/mol. The van der Waals surface area contributed by atoms with Gasteiger partial charge >= 0.3 is 0 Å². The summed E-state index contributed by atoms with van der Waals surface area (Å²) in [6.07, 6.45) is 10.4. The highest BCUT2D eigenvalue weighted by Crippen LogP contribution is 2.24. The van der Waals surface area contributed by atoms with Crippen LogP contribution in [0.3, 0.4) is 0 Å². The van der Waals surface area contributed by atoms with Crippen molar-refractivity contribution < 1.29 is 9.84 Å². The van der Waals surface area contributed by atoms with E-state index < -0.39 is 5.60 Å². The molecule has 26 heavy (non-hydrogen) atoms. The molecule has 1 N–H and O–H groups in total. The molecule has 5 nitrogen and oxygen atoms in total. The van der Waals surface area contributed by atoms with Crippen LogP contribution in [0.5, 0.6) is 0 Å². The summed E-state index contributed by atoms with van der Waals surface area (Å²) in [5.74, 6) is 0. The zero-order valence-corrected chi connectivity index (χ0v) is 15.1. The van der Waals surface area contributed by atoms with Gasteiger partial charge in [-0.05, 0) is 29.2 Å². The normalized spacial score (nSPS) is 16.7. The van der Waals surface area contributed by atoms with Crippen molar-refractivity contribution in [1.82, 2.24) is 14.3 Å². The average Bonchev–Trinajstić information content (AvgIpc) is 3.25. The number of ether oxygens (including phenoxy) is 1. The van der Waals surface area contributed by atoms with Crippen LogP contribution < -0.4 is 0 Å². The van der Waals surface area contributed by atoms with E-state index in [0.717, 1.165) is 12.0 Å². The summed E-state index contributed by atoms with van der Waals surface area (Å²) in [5.41, 5.74) is 4.21. The third kappa shape index (κ3) is 3.89. The van der Waals surface area contributed by atoms with Crippen molar-refractivity contribution in [2.75, 3.05) is 13.2 Å². The van der Waals surface area contributed by atoms with Crippen molar-refractivity contribution in [3.05, 3.63) is 66.2 Å². The Hall–Kier alpha value is -2.37. The van der Waals surface area contributed by atoms with Gasteiger partial charge in [0.25, 0.3) is 0 Å². The minimum atomic E-state index is -0.639. The standard InChI is InChI=1S/C21H25N3O2/c1-23-15-20(13-22-23)19-4-2-17(3-5-19)12-18-6-9-24(14-18)16-21(25)7-10-26-11-8-21/h2-6,9,13-15,25H,7-8,10-12,16H2,1H3. The Morgan fingerprint density at radius 3 is 2.50 bits per heavy atom. The smallest absolute Gasteiger partial charge is 0.0869 e.